The van der Waals surface area contributed by atoms with Gasteiger partial charge in [-0.3, -0.25) is 4.79 Å². The molecule has 0 aliphatic rings. The molecule has 1 aromatic heterocycles. The van der Waals surface area contributed by atoms with Crippen LogP contribution in [0.4, 0.5) is 5.69 Å². The molecule has 0 saturated carbocycles. The zero-order valence-electron chi connectivity index (χ0n) is 9.62. The van der Waals surface area contributed by atoms with Crippen LogP contribution >= 0.6 is 15.9 Å². The van der Waals surface area contributed by atoms with Crippen LogP contribution in [-0.2, 0) is 6.54 Å². The van der Waals surface area contributed by atoms with E-state index >= 15 is 0 Å². The molecule has 0 spiro atoms. The van der Waals surface area contributed by atoms with Gasteiger partial charge in [0.2, 0.25) is 0 Å². The van der Waals surface area contributed by atoms with Crippen molar-refractivity contribution in [3.8, 4) is 24.7 Å². The Kier molecular flexibility index (Phi) is 3.98. The van der Waals surface area contributed by atoms with E-state index in [1.54, 1.807) is 0 Å². The van der Waals surface area contributed by atoms with Crippen LogP contribution in [0.15, 0.2) is 15.5 Å². The number of halogens is 1. The van der Waals surface area contributed by atoms with E-state index in [-0.39, 0.29) is 12.1 Å². The fourth-order valence-electron chi connectivity index (χ4n) is 1.12. The second kappa shape index (κ2) is 5.07. The fourth-order valence-corrected chi connectivity index (χ4v) is 1.53. The van der Waals surface area contributed by atoms with Crippen LogP contribution in [0.3, 0.4) is 0 Å². The van der Waals surface area contributed by atoms with Crippen molar-refractivity contribution in [1.82, 2.24) is 9.78 Å². The summed E-state index contributed by atoms with van der Waals surface area (Å²) >= 11 is 3.21. The maximum Gasteiger partial charge on any atom is 0.284 e. The summed E-state index contributed by atoms with van der Waals surface area (Å²) in [4.78, 5) is 11.8. The van der Waals surface area contributed by atoms with Crippen molar-refractivity contribution in [2.75, 3.05) is 5.32 Å². The number of terminal acetylenes is 2. The van der Waals surface area contributed by atoms with Gasteiger partial charge in [0.1, 0.15) is 11.0 Å². The van der Waals surface area contributed by atoms with Gasteiger partial charge in [-0.05, 0) is 29.8 Å². The first-order chi connectivity index (χ1) is 7.91. The molecule has 0 saturated heterocycles. The van der Waals surface area contributed by atoms with Crippen LogP contribution in [0, 0.1) is 24.7 Å². The van der Waals surface area contributed by atoms with Crippen LogP contribution < -0.4 is 10.9 Å². The third kappa shape index (κ3) is 3.12. The highest BCUT2D eigenvalue weighted by molar-refractivity contribution is 9.10. The van der Waals surface area contributed by atoms with E-state index < -0.39 is 5.54 Å². The summed E-state index contributed by atoms with van der Waals surface area (Å²) in [5, 5.41) is 6.98. The number of aromatic nitrogens is 2. The summed E-state index contributed by atoms with van der Waals surface area (Å²) in [6, 6.07) is 0. The van der Waals surface area contributed by atoms with Crippen molar-refractivity contribution < 1.29 is 0 Å². The van der Waals surface area contributed by atoms with Crippen molar-refractivity contribution in [2.45, 2.75) is 25.9 Å². The summed E-state index contributed by atoms with van der Waals surface area (Å²) in [6.45, 7) is 3.79. The average Bonchev–Trinajstić information content (AvgIpc) is 2.29. The highest BCUT2D eigenvalue weighted by Gasteiger charge is 2.17. The molecular weight excluding hydrogens is 282 g/mol. The lowest BCUT2D eigenvalue weighted by Crippen LogP contribution is -2.31. The van der Waals surface area contributed by atoms with E-state index in [0.29, 0.717) is 10.2 Å². The molecule has 1 aromatic rings. The van der Waals surface area contributed by atoms with Gasteiger partial charge < -0.3 is 5.32 Å². The Morgan fingerprint density at radius 2 is 2.24 bits per heavy atom. The molecule has 0 radical (unpaired) electrons. The van der Waals surface area contributed by atoms with Crippen LogP contribution in [-0.4, -0.2) is 15.3 Å². The molecule has 1 N–H and O–H groups in total. The molecule has 1 rings (SSSR count). The van der Waals surface area contributed by atoms with E-state index in [0.717, 1.165) is 0 Å². The van der Waals surface area contributed by atoms with Gasteiger partial charge in [-0.15, -0.1) is 12.8 Å². The zero-order valence-corrected chi connectivity index (χ0v) is 11.2. The summed E-state index contributed by atoms with van der Waals surface area (Å²) in [5.74, 6) is 4.93. The second-order valence-electron chi connectivity index (χ2n) is 3.93. The number of nitrogens with one attached hydrogen (secondary N) is 1. The molecule has 4 nitrogen and oxygen atoms in total. The molecular formula is C12H12BrN3O. The molecule has 0 atom stereocenters. The monoisotopic (exact) mass is 293 g/mol. The zero-order chi connectivity index (χ0) is 13.1. The highest BCUT2D eigenvalue weighted by atomic mass is 79.9. The van der Waals surface area contributed by atoms with E-state index in [4.69, 9.17) is 12.8 Å². The number of hydrogen-bond donors (Lipinski definition) is 1. The summed E-state index contributed by atoms with van der Waals surface area (Å²) in [5.41, 5.74) is -0.304. The van der Waals surface area contributed by atoms with E-state index in [2.05, 4.69) is 38.2 Å². The van der Waals surface area contributed by atoms with Crippen molar-refractivity contribution in [3.05, 3.63) is 21.0 Å². The van der Waals surface area contributed by atoms with Crippen molar-refractivity contribution >= 4 is 21.6 Å². The SMILES string of the molecule is C#CCn1ncc(NC(C)(C)C#C)c(Br)c1=O. The summed E-state index contributed by atoms with van der Waals surface area (Å²) < 4.78 is 1.56. The molecule has 0 fully saturated rings. The maximum absolute atomic E-state index is 11.8. The Balaban J connectivity index is 3.16. The molecule has 88 valence electrons. The summed E-state index contributed by atoms with van der Waals surface area (Å²) in [7, 11) is 0. The first kappa shape index (κ1) is 13.3. The standard InChI is InChI=1S/C12H12BrN3O/c1-5-7-16-11(17)10(13)9(8-14-16)15-12(3,4)6-2/h1-2,8,15H,7H2,3-4H3. The minimum Gasteiger partial charge on any atom is -0.367 e. The third-order valence-corrected chi connectivity index (χ3v) is 2.80. The van der Waals surface area contributed by atoms with E-state index in [1.165, 1.54) is 10.9 Å². The van der Waals surface area contributed by atoms with Gasteiger partial charge in [0.15, 0.2) is 0 Å². The van der Waals surface area contributed by atoms with Crippen molar-refractivity contribution in [2.24, 2.45) is 0 Å². The van der Waals surface area contributed by atoms with Gasteiger partial charge in [-0.2, -0.15) is 5.10 Å². The first-order valence-electron chi connectivity index (χ1n) is 4.86. The first-order valence-corrected chi connectivity index (χ1v) is 5.65. The van der Waals surface area contributed by atoms with Gasteiger partial charge >= 0.3 is 0 Å². The topological polar surface area (TPSA) is 46.9 Å². The van der Waals surface area contributed by atoms with Crippen molar-refractivity contribution in [1.29, 1.82) is 0 Å². The molecule has 0 amide bonds. The summed E-state index contributed by atoms with van der Waals surface area (Å²) in [6.07, 6.45) is 12.0. The van der Waals surface area contributed by atoms with Crippen molar-refractivity contribution in [3.63, 3.8) is 0 Å². The number of anilines is 1. The van der Waals surface area contributed by atoms with Gasteiger partial charge in [-0.1, -0.05) is 11.8 Å². The van der Waals surface area contributed by atoms with E-state index in [1.807, 2.05) is 13.8 Å². The quantitative estimate of drug-likeness (QED) is 0.859. The number of nitrogens with zero attached hydrogens (tertiary/aromatic N) is 2. The van der Waals surface area contributed by atoms with Crippen LogP contribution in [0.2, 0.25) is 0 Å². The molecule has 17 heavy (non-hydrogen) atoms. The van der Waals surface area contributed by atoms with Crippen LogP contribution in [0.25, 0.3) is 0 Å². The van der Waals surface area contributed by atoms with Gasteiger partial charge in [0.25, 0.3) is 5.56 Å². The third-order valence-electron chi connectivity index (χ3n) is 2.03. The average molecular weight is 294 g/mol. The fraction of sp³-hybridized carbons (Fsp3) is 0.333. The Morgan fingerprint density at radius 1 is 1.59 bits per heavy atom. The number of hydrogen-bond acceptors (Lipinski definition) is 3. The van der Waals surface area contributed by atoms with Gasteiger partial charge in [0, 0.05) is 0 Å². The minimum absolute atomic E-state index is 0.135. The molecule has 1 heterocycles. The second-order valence-corrected chi connectivity index (χ2v) is 4.73. The molecule has 0 unspecified atom stereocenters. The smallest absolute Gasteiger partial charge is 0.284 e. The lowest BCUT2D eigenvalue weighted by Gasteiger charge is -2.21. The van der Waals surface area contributed by atoms with Gasteiger partial charge in [0.05, 0.1) is 17.4 Å². The molecule has 0 aliphatic carbocycles. The highest BCUT2D eigenvalue weighted by Crippen LogP contribution is 2.20. The normalized spacial score (nSPS) is 10.4. The molecule has 0 aromatic carbocycles. The Labute approximate surface area is 109 Å². The van der Waals surface area contributed by atoms with Crippen LogP contribution in [0.1, 0.15) is 13.8 Å². The lowest BCUT2D eigenvalue weighted by atomic mass is 10.1. The maximum atomic E-state index is 11.8. The molecule has 0 bridgehead atoms. The predicted octanol–water partition coefficient (Wildman–Crippen LogP) is 1.46. The predicted molar refractivity (Wildman–Crippen MR) is 71.6 cm³/mol. The number of rotatable bonds is 3. The lowest BCUT2D eigenvalue weighted by molar-refractivity contribution is 0.654. The largest absolute Gasteiger partial charge is 0.367 e. The Hall–Kier alpha value is -1.72. The Morgan fingerprint density at radius 3 is 2.76 bits per heavy atom. The molecule has 0 aliphatic heterocycles. The van der Waals surface area contributed by atoms with E-state index in [9.17, 15) is 4.79 Å². The van der Waals surface area contributed by atoms with Crippen LogP contribution in [0.5, 0.6) is 0 Å². The minimum atomic E-state index is -0.561. The van der Waals surface area contributed by atoms with Gasteiger partial charge in [-0.25, -0.2) is 4.68 Å². The molecule has 5 heteroatoms. The Bertz CT molecular complexity index is 561.